The van der Waals surface area contributed by atoms with E-state index in [0.29, 0.717) is 17.7 Å². The molecule has 0 aliphatic carbocycles. The van der Waals surface area contributed by atoms with Crippen LogP contribution in [0.15, 0.2) is 18.2 Å². The Kier molecular flexibility index (Phi) is 4.89. The Morgan fingerprint density at radius 2 is 2.30 bits per heavy atom. The van der Waals surface area contributed by atoms with E-state index < -0.39 is 12.0 Å². The fraction of sp³-hybridized carbons (Fsp3) is 0.429. The summed E-state index contributed by atoms with van der Waals surface area (Å²) in [6, 6.07) is 4.59. The van der Waals surface area contributed by atoms with Gasteiger partial charge in [0.05, 0.1) is 0 Å². The number of anilines is 1. The van der Waals surface area contributed by atoms with Gasteiger partial charge in [-0.15, -0.1) is 0 Å². The van der Waals surface area contributed by atoms with Crippen molar-refractivity contribution < 1.29 is 14.7 Å². The first-order chi connectivity index (χ1) is 9.61. The maximum Gasteiger partial charge on any atom is 0.326 e. The molecule has 1 aromatic carbocycles. The number of benzene rings is 1. The Morgan fingerprint density at radius 3 is 3.00 bits per heavy atom. The van der Waals surface area contributed by atoms with Gasteiger partial charge < -0.3 is 15.7 Å². The van der Waals surface area contributed by atoms with E-state index >= 15 is 0 Å². The van der Waals surface area contributed by atoms with E-state index in [0.717, 1.165) is 24.2 Å². The Morgan fingerprint density at radius 1 is 1.50 bits per heavy atom. The van der Waals surface area contributed by atoms with Crippen LogP contribution in [0.25, 0.3) is 0 Å². The molecule has 1 heterocycles. The lowest BCUT2D eigenvalue weighted by Gasteiger charge is -2.14. The molecule has 0 unspecified atom stereocenters. The van der Waals surface area contributed by atoms with Crippen LogP contribution in [0.3, 0.4) is 0 Å². The summed E-state index contributed by atoms with van der Waals surface area (Å²) in [6.07, 6.45) is 3.23. The summed E-state index contributed by atoms with van der Waals surface area (Å²) >= 11 is 1.56. The van der Waals surface area contributed by atoms with Crippen LogP contribution in [0.2, 0.25) is 0 Å². The number of amides is 1. The predicted molar refractivity (Wildman–Crippen MR) is 80.5 cm³/mol. The van der Waals surface area contributed by atoms with Crippen molar-refractivity contribution in [3.05, 3.63) is 29.3 Å². The number of thioether (sulfide) groups is 1. The highest BCUT2D eigenvalue weighted by Gasteiger charge is 2.21. The zero-order valence-corrected chi connectivity index (χ0v) is 12.1. The summed E-state index contributed by atoms with van der Waals surface area (Å²) < 4.78 is 0. The number of hydrogen-bond donors (Lipinski definition) is 3. The van der Waals surface area contributed by atoms with Gasteiger partial charge in [-0.3, -0.25) is 4.79 Å². The molecule has 0 radical (unpaired) electrons. The first-order valence-corrected chi connectivity index (χ1v) is 7.90. The van der Waals surface area contributed by atoms with E-state index in [2.05, 4.69) is 10.6 Å². The fourth-order valence-corrected chi connectivity index (χ4v) is 2.65. The summed E-state index contributed by atoms with van der Waals surface area (Å²) in [5, 5.41) is 14.9. The lowest BCUT2D eigenvalue weighted by molar-refractivity contribution is -0.139. The van der Waals surface area contributed by atoms with Gasteiger partial charge in [-0.2, -0.15) is 11.8 Å². The molecule has 20 heavy (non-hydrogen) atoms. The van der Waals surface area contributed by atoms with Gasteiger partial charge in [0, 0.05) is 17.8 Å². The highest BCUT2D eigenvalue weighted by atomic mass is 32.2. The maximum absolute atomic E-state index is 12.1. The van der Waals surface area contributed by atoms with Crippen molar-refractivity contribution in [1.82, 2.24) is 5.32 Å². The summed E-state index contributed by atoms with van der Waals surface area (Å²) in [7, 11) is 0. The lowest BCUT2D eigenvalue weighted by Crippen LogP contribution is -2.41. The zero-order valence-electron chi connectivity index (χ0n) is 11.3. The molecule has 0 saturated heterocycles. The van der Waals surface area contributed by atoms with Crippen LogP contribution in [0.1, 0.15) is 22.3 Å². The van der Waals surface area contributed by atoms with Gasteiger partial charge in [0.1, 0.15) is 6.04 Å². The molecule has 0 bridgehead atoms. The maximum atomic E-state index is 12.1. The molecule has 108 valence electrons. The monoisotopic (exact) mass is 294 g/mol. The highest BCUT2D eigenvalue weighted by Crippen LogP contribution is 2.23. The smallest absolute Gasteiger partial charge is 0.326 e. The third-order valence-corrected chi connectivity index (χ3v) is 3.94. The first kappa shape index (κ1) is 14.7. The van der Waals surface area contributed by atoms with Crippen LogP contribution in [-0.4, -0.2) is 41.6 Å². The second-order valence-corrected chi connectivity index (χ2v) is 5.68. The van der Waals surface area contributed by atoms with Crippen molar-refractivity contribution in [2.45, 2.75) is 18.9 Å². The number of carboxylic acid groups (broad SMARTS) is 1. The number of rotatable bonds is 6. The topological polar surface area (TPSA) is 78.4 Å². The van der Waals surface area contributed by atoms with Crippen LogP contribution in [0.4, 0.5) is 5.69 Å². The van der Waals surface area contributed by atoms with E-state index in [9.17, 15) is 9.59 Å². The Hall–Kier alpha value is -1.69. The molecule has 2 rings (SSSR count). The van der Waals surface area contributed by atoms with Crippen molar-refractivity contribution in [1.29, 1.82) is 0 Å². The number of fused-ring (bicyclic) bond motifs is 1. The number of aliphatic carboxylic acids is 1. The molecule has 5 nitrogen and oxygen atoms in total. The molecule has 0 fully saturated rings. The quantitative estimate of drug-likeness (QED) is 0.742. The largest absolute Gasteiger partial charge is 0.480 e. The molecule has 3 N–H and O–H groups in total. The number of carbonyl (C=O) groups is 2. The van der Waals surface area contributed by atoms with E-state index in [4.69, 9.17) is 5.11 Å². The van der Waals surface area contributed by atoms with Crippen molar-refractivity contribution in [3.8, 4) is 0 Å². The summed E-state index contributed by atoms with van der Waals surface area (Å²) in [5.41, 5.74) is 2.68. The number of carboxylic acids is 1. The van der Waals surface area contributed by atoms with Gasteiger partial charge in [-0.25, -0.2) is 4.79 Å². The van der Waals surface area contributed by atoms with Crippen LogP contribution in [0.5, 0.6) is 0 Å². The minimum atomic E-state index is -0.991. The Bertz CT molecular complexity index is 519. The Labute approximate surface area is 122 Å². The molecular weight excluding hydrogens is 276 g/mol. The second-order valence-electron chi connectivity index (χ2n) is 4.69. The SMILES string of the molecule is CSCC[C@@H](NC(=O)c1ccc2c(c1)CCN2)C(=O)O. The zero-order chi connectivity index (χ0) is 14.5. The van der Waals surface area contributed by atoms with Gasteiger partial charge >= 0.3 is 5.97 Å². The summed E-state index contributed by atoms with van der Waals surface area (Å²) in [5.74, 6) is -0.617. The number of carbonyl (C=O) groups excluding carboxylic acids is 1. The Balaban J connectivity index is 2.04. The minimum Gasteiger partial charge on any atom is -0.480 e. The van der Waals surface area contributed by atoms with Crippen LogP contribution in [-0.2, 0) is 11.2 Å². The van der Waals surface area contributed by atoms with E-state index in [1.807, 2.05) is 18.4 Å². The van der Waals surface area contributed by atoms with Crippen molar-refractivity contribution >= 4 is 29.3 Å². The molecule has 0 saturated carbocycles. The molecule has 1 aliphatic heterocycles. The average Bonchev–Trinajstić information content (AvgIpc) is 2.90. The molecule has 1 aliphatic rings. The average molecular weight is 294 g/mol. The second kappa shape index (κ2) is 6.65. The van der Waals surface area contributed by atoms with Gasteiger partial charge in [-0.05, 0) is 48.6 Å². The third kappa shape index (κ3) is 3.45. The van der Waals surface area contributed by atoms with Gasteiger partial charge in [0.2, 0.25) is 0 Å². The molecule has 0 aromatic heterocycles. The standard InChI is InChI=1S/C14H18N2O3S/c1-20-7-5-12(14(18)19)16-13(17)10-2-3-11-9(8-10)4-6-15-11/h2-3,8,12,15H,4-7H2,1H3,(H,16,17)(H,18,19)/t12-/m1/s1. The molecule has 1 aromatic rings. The third-order valence-electron chi connectivity index (χ3n) is 3.29. The van der Waals surface area contributed by atoms with E-state index in [1.54, 1.807) is 17.8 Å². The first-order valence-electron chi connectivity index (χ1n) is 6.51. The van der Waals surface area contributed by atoms with Gasteiger partial charge in [0.25, 0.3) is 5.91 Å². The predicted octanol–water partition coefficient (Wildman–Crippen LogP) is 1.59. The molecule has 6 heteroatoms. The summed E-state index contributed by atoms with van der Waals surface area (Å²) in [4.78, 5) is 23.2. The van der Waals surface area contributed by atoms with E-state index in [1.165, 1.54) is 0 Å². The molecule has 1 atom stereocenters. The minimum absolute atomic E-state index is 0.326. The number of nitrogens with one attached hydrogen (secondary N) is 2. The van der Waals surface area contributed by atoms with Crippen LogP contribution >= 0.6 is 11.8 Å². The fourth-order valence-electron chi connectivity index (χ4n) is 2.18. The number of hydrogen-bond acceptors (Lipinski definition) is 4. The van der Waals surface area contributed by atoms with Crippen LogP contribution < -0.4 is 10.6 Å². The lowest BCUT2D eigenvalue weighted by atomic mass is 10.1. The summed E-state index contributed by atoms with van der Waals surface area (Å²) in [6.45, 7) is 0.881. The molecule has 0 spiro atoms. The van der Waals surface area contributed by atoms with Crippen molar-refractivity contribution in [2.75, 3.05) is 23.9 Å². The van der Waals surface area contributed by atoms with E-state index in [-0.39, 0.29) is 5.91 Å². The van der Waals surface area contributed by atoms with Gasteiger partial charge in [-0.1, -0.05) is 0 Å². The highest BCUT2D eigenvalue weighted by molar-refractivity contribution is 7.98. The van der Waals surface area contributed by atoms with Crippen molar-refractivity contribution in [3.63, 3.8) is 0 Å². The van der Waals surface area contributed by atoms with Gasteiger partial charge in [0.15, 0.2) is 0 Å². The normalized spacial score (nSPS) is 14.2. The van der Waals surface area contributed by atoms with Crippen LogP contribution in [0, 0.1) is 0 Å². The molecule has 1 amide bonds. The molecular formula is C14H18N2O3S. The van der Waals surface area contributed by atoms with Crippen molar-refractivity contribution in [2.24, 2.45) is 0 Å².